The van der Waals surface area contributed by atoms with Crippen LogP contribution in [0, 0.1) is 5.92 Å². The summed E-state index contributed by atoms with van der Waals surface area (Å²) in [5, 5.41) is 3.65. The molecule has 18 heavy (non-hydrogen) atoms. The molecule has 0 spiro atoms. The zero-order valence-corrected chi connectivity index (χ0v) is 12.4. The fourth-order valence-corrected chi connectivity index (χ4v) is 2.21. The van der Waals surface area contributed by atoms with Gasteiger partial charge >= 0.3 is 0 Å². The van der Waals surface area contributed by atoms with Crippen LogP contribution in [0.5, 0.6) is 5.75 Å². The minimum Gasteiger partial charge on any atom is -0.496 e. The van der Waals surface area contributed by atoms with Crippen LogP contribution in [-0.2, 0) is 0 Å². The van der Waals surface area contributed by atoms with Gasteiger partial charge in [-0.15, -0.1) is 0 Å². The van der Waals surface area contributed by atoms with E-state index in [1.165, 1.54) is 18.4 Å². The first kappa shape index (κ1) is 15.0. The number of hydrogen-bond donors (Lipinski definition) is 1. The van der Waals surface area contributed by atoms with Gasteiger partial charge in [0.2, 0.25) is 0 Å². The van der Waals surface area contributed by atoms with Crippen molar-refractivity contribution in [3.63, 3.8) is 0 Å². The lowest BCUT2D eigenvalue weighted by Gasteiger charge is -2.22. The molecule has 0 heterocycles. The molecule has 0 aliphatic carbocycles. The maximum absolute atomic E-state index is 5.41. The molecule has 0 saturated heterocycles. The predicted octanol–water partition coefficient (Wildman–Crippen LogP) is 4.17. The molecule has 102 valence electrons. The van der Waals surface area contributed by atoms with Gasteiger partial charge < -0.3 is 10.1 Å². The highest BCUT2D eigenvalue weighted by Gasteiger charge is 2.13. The zero-order chi connectivity index (χ0) is 13.5. The molecule has 0 aliphatic heterocycles. The van der Waals surface area contributed by atoms with Crippen molar-refractivity contribution in [3.8, 4) is 5.75 Å². The predicted molar refractivity (Wildman–Crippen MR) is 78.1 cm³/mol. The first-order chi connectivity index (χ1) is 8.54. The molecular weight excluding hydrogens is 222 g/mol. The zero-order valence-electron chi connectivity index (χ0n) is 12.4. The third-order valence-corrected chi connectivity index (χ3v) is 3.32. The topological polar surface area (TPSA) is 21.3 Å². The molecule has 0 fully saturated rings. The highest BCUT2D eigenvalue weighted by atomic mass is 16.5. The molecule has 1 aromatic carbocycles. The Labute approximate surface area is 112 Å². The highest BCUT2D eigenvalue weighted by molar-refractivity contribution is 5.35. The van der Waals surface area contributed by atoms with Crippen LogP contribution < -0.4 is 10.1 Å². The SMILES string of the molecule is COc1ccccc1[C@@H](C)NC(C)CCC(C)C. The maximum Gasteiger partial charge on any atom is 0.123 e. The van der Waals surface area contributed by atoms with E-state index in [9.17, 15) is 0 Å². The van der Waals surface area contributed by atoms with E-state index < -0.39 is 0 Å². The molecule has 1 unspecified atom stereocenters. The summed E-state index contributed by atoms with van der Waals surface area (Å²) in [5.41, 5.74) is 1.23. The highest BCUT2D eigenvalue weighted by Crippen LogP contribution is 2.25. The summed E-state index contributed by atoms with van der Waals surface area (Å²) in [6, 6.07) is 9.08. The molecule has 0 aliphatic rings. The summed E-state index contributed by atoms with van der Waals surface area (Å²) in [4.78, 5) is 0. The van der Waals surface area contributed by atoms with Gasteiger partial charge in [-0.25, -0.2) is 0 Å². The fraction of sp³-hybridized carbons (Fsp3) is 0.625. The summed E-state index contributed by atoms with van der Waals surface area (Å²) in [6.45, 7) is 9.00. The monoisotopic (exact) mass is 249 g/mol. The van der Waals surface area contributed by atoms with Crippen LogP contribution >= 0.6 is 0 Å². The Kier molecular flexibility index (Phi) is 6.20. The van der Waals surface area contributed by atoms with E-state index in [-0.39, 0.29) is 0 Å². The van der Waals surface area contributed by atoms with E-state index in [1.807, 2.05) is 12.1 Å². The summed E-state index contributed by atoms with van der Waals surface area (Å²) in [5.74, 6) is 1.74. The number of rotatable bonds is 7. The van der Waals surface area contributed by atoms with Crippen molar-refractivity contribution in [1.29, 1.82) is 0 Å². The third kappa shape index (κ3) is 4.69. The second-order valence-corrected chi connectivity index (χ2v) is 5.50. The molecule has 2 heteroatoms. The Bertz CT molecular complexity index is 349. The van der Waals surface area contributed by atoms with E-state index in [4.69, 9.17) is 4.74 Å². The van der Waals surface area contributed by atoms with Crippen molar-refractivity contribution in [3.05, 3.63) is 29.8 Å². The molecule has 0 bridgehead atoms. The Hall–Kier alpha value is -1.02. The lowest BCUT2D eigenvalue weighted by atomic mass is 10.0. The van der Waals surface area contributed by atoms with Crippen molar-refractivity contribution < 1.29 is 4.74 Å². The van der Waals surface area contributed by atoms with Crippen molar-refractivity contribution in [1.82, 2.24) is 5.32 Å². The van der Waals surface area contributed by atoms with Gasteiger partial charge in [0.05, 0.1) is 7.11 Å². The first-order valence-corrected chi connectivity index (χ1v) is 6.93. The van der Waals surface area contributed by atoms with Gasteiger partial charge in [-0.1, -0.05) is 32.0 Å². The normalized spacial score (nSPS) is 14.6. The fourth-order valence-electron chi connectivity index (χ4n) is 2.21. The van der Waals surface area contributed by atoms with Crippen LogP contribution in [0.15, 0.2) is 24.3 Å². The molecule has 1 aromatic rings. The van der Waals surface area contributed by atoms with Crippen LogP contribution in [0.3, 0.4) is 0 Å². The lowest BCUT2D eigenvalue weighted by molar-refractivity contribution is 0.385. The lowest BCUT2D eigenvalue weighted by Crippen LogP contribution is -2.29. The van der Waals surface area contributed by atoms with Crippen LogP contribution in [-0.4, -0.2) is 13.2 Å². The average Bonchev–Trinajstić information content (AvgIpc) is 2.36. The molecule has 0 saturated carbocycles. The molecule has 2 atom stereocenters. The van der Waals surface area contributed by atoms with Crippen LogP contribution in [0.1, 0.15) is 52.1 Å². The van der Waals surface area contributed by atoms with E-state index in [0.717, 1.165) is 11.7 Å². The Balaban J connectivity index is 2.56. The van der Waals surface area contributed by atoms with Crippen molar-refractivity contribution >= 4 is 0 Å². The third-order valence-electron chi connectivity index (χ3n) is 3.32. The maximum atomic E-state index is 5.41. The standard InChI is InChI=1S/C16H27NO/c1-12(2)10-11-13(3)17-14(4)15-8-6-7-9-16(15)18-5/h6-9,12-14,17H,10-11H2,1-5H3/t13?,14-/m1/s1. The number of nitrogens with one attached hydrogen (secondary N) is 1. The summed E-state index contributed by atoms with van der Waals surface area (Å²) in [7, 11) is 1.73. The Morgan fingerprint density at radius 1 is 1.06 bits per heavy atom. The summed E-state index contributed by atoms with van der Waals surface area (Å²) >= 11 is 0. The van der Waals surface area contributed by atoms with Crippen LogP contribution in [0.2, 0.25) is 0 Å². The molecule has 0 amide bonds. The molecule has 1 N–H and O–H groups in total. The number of hydrogen-bond acceptors (Lipinski definition) is 2. The smallest absolute Gasteiger partial charge is 0.123 e. The second kappa shape index (κ2) is 7.42. The minimum atomic E-state index is 0.323. The summed E-state index contributed by atoms with van der Waals surface area (Å²) < 4.78 is 5.41. The van der Waals surface area contributed by atoms with E-state index in [0.29, 0.717) is 12.1 Å². The molecule has 1 rings (SSSR count). The molecule has 2 nitrogen and oxygen atoms in total. The Morgan fingerprint density at radius 3 is 2.33 bits per heavy atom. The van der Waals surface area contributed by atoms with Gasteiger partial charge in [0.25, 0.3) is 0 Å². The molecular formula is C16H27NO. The van der Waals surface area contributed by atoms with Crippen molar-refractivity contribution in [2.45, 2.75) is 52.6 Å². The van der Waals surface area contributed by atoms with Gasteiger partial charge in [-0.05, 0) is 38.7 Å². The van der Waals surface area contributed by atoms with E-state index in [2.05, 4.69) is 45.1 Å². The minimum absolute atomic E-state index is 0.323. The van der Waals surface area contributed by atoms with Gasteiger partial charge in [-0.3, -0.25) is 0 Å². The Morgan fingerprint density at radius 2 is 1.72 bits per heavy atom. The molecule has 0 aromatic heterocycles. The summed E-state index contributed by atoms with van der Waals surface area (Å²) in [6.07, 6.45) is 2.49. The number of para-hydroxylation sites is 1. The molecule has 0 radical (unpaired) electrons. The average molecular weight is 249 g/mol. The van der Waals surface area contributed by atoms with Crippen LogP contribution in [0.25, 0.3) is 0 Å². The second-order valence-electron chi connectivity index (χ2n) is 5.50. The van der Waals surface area contributed by atoms with E-state index in [1.54, 1.807) is 7.11 Å². The van der Waals surface area contributed by atoms with Crippen molar-refractivity contribution in [2.75, 3.05) is 7.11 Å². The largest absolute Gasteiger partial charge is 0.496 e. The number of ether oxygens (including phenoxy) is 1. The van der Waals surface area contributed by atoms with Crippen molar-refractivity contribution in [2.24, 2.45) is 5.92 Å². The van der Waals surface area contributed by atoms with Gasteiger partial charge in [0.1, 0.15) is 5.75 Å². The quantitative estimate of drug-likeness (QED) is 0.783. The van der Waals surface area contributed by atoms with Crippen LogP contribution in [0.4, 0.5) is 0 Å². The number of methoxy groups -OCH3 is 1. The van der Waals surface area contributed by atoms with Gasteiger partial charge in [0, 0.05) is 17.6 Å². The first-order valence-electron chi connectivity index (χ1n) is 6.93. The van der Waals surface area contributed by atoms with Gasteiger partial charge in [-0.2, -0.15) is 0 Å². The van der Waals surface area contributed by atoms with Gasteiger partial charge in [0.15, 0.2) is 0 Å². The number of benzene rings is 1. The van der Waals surface area contributed by atoms with E-state index >= 15 is 0 Å².